The van der Waals surface area contributed by atoms with E-state index in [4.69, 9.17) is 0 Å². The Kier molecular flexibility index (Phi) is 8.59. The maximum Gasteiger partial charge on any atom is 0.389 e. The molecule has 2 atom stereocenters. The molecule has 2 aliphatic carbocycles. The van der Waals surface area contributed by atoms with Crippen molar-refractivity contribution in [2.45, 2.75) is 94.9 Å². The van der Waals surface area contributed by atoms with Gasteiger partial charge in [0.05, 0.1) is 36.6 Å². The van der Waals surface area contributed by atoms with Gasteiger partial charge < -0.3 is 10.6 Å². The SMILES string of the molecule is CC(F)(F)Cn1ncnc1C(=O)N[C@H](c1cn2ncc([C@H](NC(=O)CCC(F)(F)F)C3CC3)cc2n1)C1CCC(F)(F)CC1. The van der Waals surface area contributed by atoms with E-state index in [0.717, 1.165) is 23.9 Å². The minimum absolute atomic E-state index is 0.0207. The van der Waals surface area contributed by atoms with Crippen LogP contribution in [0.15, 0.2) is 24.8 Å². The fourth-order valence-electron chi connectivity index (χ4n) is 5.49. The van der Waals surface area contributed by atoms with E-state index in [1.54, 1.807) is 6.07 Å². The first-order valence-electron chi connectivity index (χ1n) is 14.2. The molecule has 2 amide bonds. The largest absolute Gasteiger partial charge is 0.389 e. The number of carbonyl (C=O) groups excluding carboxylic acids is 2. The molecular weight excluding hydrogens is 601 g/mol. The summed E-state index contributed by atoms with van der Waals surface area (Å²) < 4.78 is 95.3. The third kappa shape index (κ3) is 8.02. The number of fused-ring (bicyclic) bond motifs is 1. The number of hydrogen-bond donors (Lipinski definition) is 2. The van der Waals surface area contributed by atoms with Crippen molar-refractivity contribution in [3.63, 3.8) is 0 Å². The van der Waals surface area contributed by atoms with E-state index in [0.29, 0.717) is 18.1 Å². The van der Waals surface area contributed by atoms with Crippen molar-refractivity contribution in [3.8, 4) is 0 Å². The van der Waals surface area contributed by atoms with Crippen LogP contribution in [0.2, 0.25) is 0 Å². The van der Waals surface area contributed by atoms with Crippen molar-refractivity contribution in [2.24, 2.45) is 11.8 Å². The van der Waals surface area contributed by atoms with E-state index >= 15 is 0 Å². The summed E-state index contributed by atoms with van der Waals surface area (Å²) in [6.45, 7) is -0.229. The molecule has 10 nitrogen and oxygen atoms in total. The fraction of sp³-hybridized carbons (Fsp3) is 0.630. The Bertz CT molecular complexity index is 1490. The van der Waals surface area contributed by atoms with Gasteiger partial charge in [-0.25, -0.2) is 36.7 Å². The van der Waals surface area contributed by atoms with Crippen LogP contribution in [0, 0.1) is 11.8 Å². The molecule has 2 aliphatic rings. The van der Waals surface area contributed by atoms with Crippen molar-refractivity contribution in [2.75, 3.05) is 0 Å². The Morgan fingerprint density at radius 2 is 1.70 bits per heavy atom. The molecule has 0 aliphatic heterocycles. The van der Waals surface area contributed by atoms with Crippen LogP contribution in [-0.4, -0.2) is 59.2 Å². The zero-order chi connectivity index (χ0) is 31.9. The highest BCUT2D eigenvalue weighted by Crippen LogP contribution is 2.43. The number of nitrogens with one attached hydrogen (secondary N) is 2. The molecule has 5 rings (SSSR count). The summed E-state index contributed by atoms with van der Waals surface area (Å²) in [5.74, 6) is -8.45. The topological polar surface area (TPSA) is 119 Å². The number of imidazole rings is 1. The molecule has 2 fully saturated rings. The minimum Gasteiger partial charge on any atom is -0.349 e. The van der Waals surface area contributed by atoms with Crippen LogP contribution in [-0.2, 0) is 11.3 Å². The number of nitrogens with zero attached hydrogens (tertiary/aromatic N) is 6. The number of aromatic nitrogens is 6. The van der Waals surface area contributed by atoms with E-state index < -0.39 is 80.1 Å². The van der Waals surface area contributed by atoms with Gasteiger partial charge in [-0.05, 0) is 49.1 Å². The van der Waals surface area contributed by atoms with Crippen molar-refractivity contribution in [1.29, 1.82) is 0 Å². The zero-order valence-electron chi connectivity index (χ0n) is 23.6. The van der Waals surface area contributed by atoms with Crippen LogP contribution in [0.3, 0.4) is 0 Å². The molecule has 0 saturated heterocycles. The summed E-state index contributed by atoms with van der Waals surface area (Å²) >= 11 is 0. The number of amides is 2. The lowest BCUT2D eigenvalue weighted by Gasteiger charge is -2.33. The molecule has 44 heavy (non-hydrogen) atoms. The van der Waals surface area contributed by atoms with Crippen molar-refractivity contribution in [3.05, 3.63) is 41.9 Å². The minimum atomic E-state index is -4.46. The Morgan fingerprint density at radius 1 is 1.02 bits per heavy atom. The number of alkyl halides is 7. The number of rotatable bonds is 11. The maximum atomic E-state index is 14.0. The third-order valence-corrected chi connectivity index (χ3v) is 7.85. The molecule has 2 N–H and O–H groups in total. The predicted octanol–water partition coefficient (Wildman–Crippen LogP) is 5.18. The van der Waals surface area contributed by atoms with Gasteiger partial charge in [-0.3, -0.25) is 9.59 Å². The molecular formula is C27H31F7N8O2. The molecule has 17 heteroatoms. The van der Waals surface area contributed by atoms with Crippen LogP contribution in [0.5, 0.6) is 0 Å². The van der Waals surface area contributed by atoms with Crippen LogP contribution < -0.4 is 10.6 Å². The van der Waals surface area contributed by atoms with Gasteiger partial charge in [-0.15, -0.1) is 0 Å². The Labute approximate surface area is 246 Å². The molecule has 0 aromatic carbocycles. The highest BCUT2D eigenvalue weighted by Gasteiger charge is 2.40. The van der Waals surface area contributed by atoms with Gasteiger partial charge in [0.15, 0.2) is 5.65 Å². The fourth-order valence-corrected chi connectivity index (χ4v) is 5.49. The first-order chi connectivity index (χ1) is 20.6. The van der Waals surface area contributed by atoms with Crippen molar-refractivity contribution >= 4 is 17.5 Å². The molecule has 3 aromatic rings. The Hall–Kier alpha value is -3.79. The lowest BCUT2D eigenvalue weighted by Crippen LogP contribution is -2.38. The second kappa shape index (κ2) is 12.0. The normalized spacial score (nSPS) is 19.1. The molecule has 0 bridgehead atoms. The van der Waals surface area contributed by atoms with E-state index in [1.807, 2.05) is 0 Å². The number of carbonyl (C=O) groups is 2. The van der Waals surface area contributed by atoms with E-state index in [2.05, 4.69) is 30.8 Å². The Balaban J connectivity index is 1.40. The van der Waals surface area contributed by atoms with Crippen molar-refractivity contribution < 1.29 is 40.3 Å². The molecule has 0 radical (unpaired) electrons. The number of hydrogen-bond acceptors (Lipinski definition) is 6. The first-order valence-corrected chi connectivity index (χ1v) is 14.2. The smallest absolute Gasteiger partial charge is 0.349 e. The molecule has 2 saturated carbocycles. The van der Waals surface area contributed by atoms with Gasteiger partial charge in [-0.2, -0.15) is 23.4 Å². The number of halogens is 7. The van der Waals surface area contributed by atoms with Crippen LogP contribution in [0.4, 0.5) is 30.7 Å². The van der Waals surface area contributed by atoms with Gasteiger partial charge in [0.25, 0.3) is 11.8 Å². The van der Waals surface area contributed by atoms with Crippen molar-refractivity contribution in [1.82, 2.24) is 40.0 Å². The van der Waals surface area contributed by atoms with Gasteiger partial charge in [0, 0.05) is 26.2 Å². The van der Waals surface area contributed by atoms with E-state index in [1.165, 1.54) is 16.9 Å². The van der Waals surface area contributed by atoms with Gasteiger partial charge in [0.2, 0.25) is 17.7 Å². The molecule has 240 valence electrons. The molecule has 0 unspecified atom stereocenters. The van der Waals surface area contributed by atoms with Crippen LogP contribution in [0.1, 0.15) is 92.3 Å². The third-order valence-electron chi connectivity index (χ3n) is 7.85. The standard InChI is InChI=1S/C27H31F7N8O2/c1-25(28,29)13-42-23(35-14-37-42)24(44)40-22(16-4-7-26(30,31)8-5-16)18-12-41-19(38-18)10-17(11-36-41)21(15-2-3-15)39-20(43)6-9-27(32,33)34/h10-12,14-16,21-22H,2-9,13H2,1H3,(H,39,43)(H,40,44)/t21-,22+/m1/s1. The lowest BCUT2D eigenvalue weighted by molar-refractivity contribution is -0.144. The van der Waals surface area contributed by atoms with Gasteiger partial charge >= 0.3 is 6.18 Å². The first kappa shape index (κ1) is 31.6. The summed E-state index contributed by atoms with van der Waals surface area (Å²) in [6, 6.07) is 0.141. The summed E-state index contributed by atoms with van der Waals surface area (Å²) in [5, 5.41) is 13.5. The summed E-state index contributed by atoms with van der Waals surface area (Å²) in [7, 11) is 0. The summed E-state index contributed by atoms with van der Waals surface area (Å²) in [6.07, 6.45) is -1.64. The molecule has 3 aromatic heterocycles. The average molecular weight is 633 g/mol. The van der Waals surface area contributed by atoms with Crippen LogP contribution >= 0.6 is 0 Å². The van der Waals surface area contributed by atoms with E-state index in [9.17, 15) is 40.3 Å². The Morgan fingerprint density at radius 3 is 2.34 bits per heavy atom. The van der Waals surface area contributed by atoms with Gasteiger partial charge in [-0.1, -0.05) is 0 Å². The monoisotopic (exact) mass is 632 g/mol. The highest BCUT2D eigenvalue weighted by atomic mass is 19.4. The van der Waals surface area contributed by atoms with Gasteiger partial charge in [0.1, 0.15) is 12.9 Å². The summed E-state index contributed by atoms with van der Waals surface area (Å²) in [5.41, 5.74) is 1.10. The lowest BCUT2D eigenvalue weighted by atomic mass is 9.81. The average Bonchev–Trinajstić information content (AvgIpc) is 3.51. The van der Waals surface area contributed by atoms with E-state index in [-0.39, 0.29) is 30.3 Å². The zero-order valence-corrected chi connectivity index (χ0v) is 23.6. The highest BCUT2D eigenvalue weighted by molar-refractivity contribution is 5.90. The second-order valence-electron chi connectivity index (χ2n) is 11.7. The molecule has 3 heterocycles. The predicted molar refractivity (Wildman–Crippen MR) is 140 cm³/mol. The van der Waals surface area contributed by atoms with Crippen LogP contribution in [0.25, 0.3) is 5.65 Å². The molecule has 0 spiro atoms. The summed E-state index contributed by atoms with van der Waals surface area (Å²) in [4.78, 5) is 33.9. The quantitative estimate of drug-likeness (QED) is 0.281. The second-order valence-corrected chi connectivity index (χ2v) is 11.7. The maximum absolute atomic E-state index is 14.0.